The zero-order valence-electron chi connectivity index (χ0n) is 19.4. The van der Waals surface area contributed by atoms with Gasteiger partial charge < -0.3 is 10.2 Å². The highest BCUT2D eigenvalue weighted by Gasteiger charge is 2.14. The number of phenolic OH excluding ortho intramolecular Hbond substituents is 2. The normalized spacial score (nSPS) is 11.6. The van der Waals surface area contributed by atoms with Crippen LogP contribution in [0.25, 0.3) is 16.7 Å². The van der Waals surface area contributed by atoms with Crippen LogP contribution in [-0.2, 0) is 0 Å². The first kappa shape index (κ1) is 23.1. The van der Waals surface area contributed by atoms with Crippen LogP contribution in [0, 0.1) is 0 Å². The molecule has 0 atom stereocenters. The summed E-state index contributed by atoms with van der Waals surface area (Å²) in [6, 6.07) is 23.3. The molecule has 0 aliphatic carbocycles. The minimum absolute atomic E-state index is 0.242. The smallest absolute Gasteiger partial charge is 0.115 e. The molecule has 0 heterocycles. The first-order valence-electron chi connectivity index (χ1n) is 11.1. The van der Waals surface area contributed by atoms with Crippen molar-refractivity contribution in [1.29, 1.82) is 0 Å². The van der Waals surface area contributed by atoms with Crippen LogP contribution in [0.3, 0.4) is 0 Å². The van der Waals surface area contributed by atoms with Crippen LogP contribution < -0.4 is 0 Å². The van der Waals surface area contributed by atoms with Gasteiger partial charge in [-0.05, 0) is 89.9 Å². The molecule has 0 unspecified atom stereocenters. The van der Waals surface area contributed by atoms with E-state index in [1.165, 1.54) is 22.3 Å². The summed E-state index contributed by atoms with van der Waals surface area (Å²) >= 11 is 0. The predicted octanol–water partition coefficient (Wildman–Crippen LogP) is 8.23. The second-order valence-corrected chi connectivity index (χ2v) is 8.17. The van der Waals surface area contributed by atoms with Crippen molar-refractivity contribution in [3.63, 3.8) is 0 Å². The minimum atomic E-state index is 0.242. The van der Waals surface area contributed by atoms with E-state index in [2.05, 4.69) is 58.5 Å². The van der Waals surface area contributed by atoms with E-state index in [0.717, 1.165) is 40.7 Å². The maximum Gasteiger partial charge on any atom is 0.115 e. The molecule has 2 heteroatoms. The van der Waals surface area contributed by atoms with E-state index < -0.39 is 0 Å². The van der Waals surface area contributed by atoms with Gasteiger partial charge in [0.25, 0.3) is 0 Å². The van der Waals surface area contributed by atoms with Gasteiger partial charge in [0.1, 0.15) is 11.5 Å². The molecule has 0 aliphatic rings. The number of phenols is 2. The van der Waals surface area contributed by atoms with Crippen LogP contribution in [0.15, 0.2) is 90.5 Å². The lowest BCUT2D eigenvalue weighted by Crippen LogP contribution is -1.96. The van der Waals surface area contributed by atoms with Gasteiger partial charge in [-0.1, -0.05) is 80.1 Å². The van der Waals surface area contributed by atoms with Crippen molar-refractivity contribution in [2.24, 2.45) is 0 Å². The summed E-state index contributed by atoms with van der Waals surface area (Å²) in [5, 5.41) is 19.6. The summed E-state index contributed by atoms with van der Waals surface area (Å²) in [6.45, 7) is 12.8. The van der Waals surface area contributed by atoms with E-state index in [1.54, 1.807) is 24.3 Å². The Bertz CT molecular complexity index is 1100. The second-order valence-electron chi connectivity index (χ2n) is 8.17. The fourth-order valence-electron chi connectivity index (χ4n) is 4.17. The highest BCUT2D eigenvalue weighted by Crippen LogP contribution is 2.36. The molecule has 0 bridgehead atoms. The van der Waals surface area contributed by atoms with Crippen molar-refractivity contribution < 1.29 is 10.2 Å². The van der Waals surface area contributed by atoms with Gasteiger partial charge >= 0.3 is 0 Å². The fraction of sp³-hybridized carbons (Fsp3) is 0.200. The zero-order valence-corrected chi connectivity index (χ0v) is 19.4. The minimum Gasteiger partial charge on any atom is -0.508 e. The number of rotatable bonds is 7. The van der Waals surface area contributed by atoms with Crippen molar-refractivity contribution in [3.05, 3.63) is 113 Å². The van der Waals surface area contributed by atoms with E-state index >= 15 is 0 Å². The second kappa shape index (κ2) is 10.2. The molecule has 0 saturated carbocycles. The monoisotopic (exact) mass is 424 g/mol. The summed E-state index contributed by atoms with van der Waals surface area (Å²) in [7, 11) is 0. The van der Waals surface area contributed by atoms with Crippen molar-refractivity contribution in [2.45, 2.75) is 40.5 Å². The Balaban J connectivity index is 2.19. The Morgan fingerprint density at radius 2 is 1.03 bits per heavy atom. The molecule has 0 aliphatic heterocycles. The molecule has 32 heavy (non-hydrogen) atoms. The molecule has 0 saturated heterocycles. The standard InChI is InChI=1S/C30H32O2/c1-6-21(5)29(20(3)4)23-10-8-22(9-11-23)28(7-2)30(24-12-16-26(31)17-13-24)25-14-18-27(32)19-15-25/h8-19,31-32H,3,6-7H2,1-2,4-5H3/b29-21+. The molecule has 2 N–H and O–H groups in total. The molecule has 0 amide bonds. The molecular formula is C30H32O2. The number of aromatic hydroxyl groups is 2. The van der Waals surface area contributed by atoms with E-state index in [4.69, 9.17) is 0 Å². The molecule has 164 valence electrons. The third-order valence-electron chi connectivity index (χ3n) is 5.87. The van der Waals surface area contributed by atoms with Gasteiger partial charge in [0.05, 0.1) is 0 Å². The molecular weight excluding hydrogens is 392 g/mol. The lowest BCUT2D eigenvalue weighted by Gasteiger charge is -2.18. The van der Waals surface area contributed by atoms with Crippen molar-refractivity contribution in [2.75, 3.05) is 0 Å². The van der Waals surface area contributed by atoms with Crippen molar-refractivity contribution in [1.82, 2.24) is 0 Å². The predicted molar refractivity (Wildman–Crippen MR) is 137 cm³/mol. The van der Waals surface area contributed by atoms with Gasteiger partial charge in [-0.15, -0.1) is 0 Å². The highest BCUT2D eigenvalue weighted by atomic mass is 16.3. The Labute approximate surface area is 191 Å². The van der Waals surface area contributed by atoms with Gasteiger partial charge in [-0.25, -0.2) is 0 Å². The zero-order chi connectivity index (χ0) is 23.3. The number of hydrogen-bond acceptors (Lipinski definition) is 2. The Kier molecular flexibility index (Phi) is 7.37. The van der Waals surface area contributed by atoms with Crippen molar-refractivity contribution in [3.8, 4) is 11.5 Å². The lowest BCUT2D eigenvalue weighted by atomic mass is 9.87. The quantitative estimate of drug-likeness (QED) is 0.296. The van der Waals surface area contributed by atoms with Gasteiger partial charge in [0.15, 0.2) is 0 Å². The summed E-state index contributed by atoms with van der Waals surface area (Å²) in [4.78, 5) is 0. The molecule has 0 radical (unpaired) electrons. The lowest BCUT2D eigenvalue weighted by molar-refractivity contribution is 0.475. The van der Waals surface area contributed by atoms with E-state index in [-0.39, 0.29) is 11.5 Å². The van der Waals surface area contributed by atoms with Crippen LogP contribution in [0.2, 0.25) is 0 Å². The summed E-state index contributed by atoms with van der Waals surface area (Å²) in [5.74, 6) is 0.484. The molecule has 0 spiro atoms. The first-order chi connectivity index (χ1) is 15.3. The SMILES string of the molecule is C=C(C)/C(=C(/C)CC)c1ccc(C(CC)=C(c2ccc(O)cc2)c2ccc(O)cc2)cc1. The van der Waals surface area contributed by atoms with Crippen LogP contribution in [0.5, 0.6) is 11.5 Å². The van der Waals surface area contributed by atoms with E-state index in [1.807, 2.05) is 24.3 Å². The highest BCUT2D eigenvalue weighted by molar-refractivity contribution is 5.99. The summed E-state index contributed by atoms with van der Waals surface area (Å²) in [6.07, 6.45) is 1.84. The first-order valence-corrected chi connectivity index (χ1v) is 11.1. The maximum atomic E-state index is 9.79. The molecule has 3 aromatic rings. The molecule has 3 aromatic carbocycles. The van der Waals surface area contributed by atoms with Crippen molar-refractivity contribution >= 4 is 16.7 Å². The van der Waals surface area contributed by atoms with Crippen LogP contribution in [-0.4, -0.2) is 10.2 Å². The van der Waals surface area contributed by atoms with E-state index in [9.17, 15) is 10.2 Å². The maximum absolute atomic E-state index is 9.79. The molecule has 3 rings (SSSR count). The topological polar surface area (TPSA) is 40.5 Å². The average molecular weight is 425 g/mol. The van der Waals surface area contributed by atoms with Gasteiger partial charge in [0.2, 0.25) is 0 Å². The third-order valence-corrected chi connectivity index (χ3v) is 5.87. The summed E-state index contributed by atoms with van der Waals surface area (Å²) in [5.41, 5.74) is 10.4. The Hall–Kier alpha value is -3.52. The number of benzene rings is 3. The summed E-state index contributed by atoms with van der Waals surface area (Å²) < 4.78 is 0. The number of hydrogen-bond donors (Lipinski definition) is 2. The van der Waals surface area contributed by atoms with Gasteiger partial charge in [0, 0.05) is 0 Å². The largest absolute Gasteiger partial charge is 0.508 e. The molecule has 0 fully saturated rings. The van der Waals surface area contributed by atoms with Crippen LogP contribution in [0.1, 0.15) is 62.8 Å². The van der Waals surface area contributed by atoms with E-state index in [0.29, 0.717) is 0 Å². The Morgan fingerprint density at radius 3 is 1.41 bits per heavy atom. The fourth-order valence-corrected chi connectivity index (χ4v) is 4.17. The Morgan fingerprint density at radius 1 is 0.625 bits per heavy atom. The molecule has 0 aromatic heterocycles. The van der Waals surface area contributed by atoms with Gasteiger partial charge in [-0.3, -0.25) is 0 Å². The number of allylic oxidation sites excluding steroid dienone is 4. The van der Waals surface area contributed by atoms with Crippen LogP contribution in [0.4, 0.5) is 0 Å². The van der Waals surface area contributed by atoms with Gasteiger partial charge in [-0.2, -0.15) is 0 Å². The third kappa shape index (κ3) is 5.03. The van der Waals surface area contributed by atoms with Crippen LogP contribution >= 0.6 is 0 Å². The average Bonchev–Trinajstić information content (AvgIpc) is 2.79. The molecule has 2 nitrogen and oxygen atoms in total.